The van der Waals surface area contributed by atoms with Crippen molar-refractivity contribution < 1.29 is 27.1 Å². The second-order valence-electron chi connectivity index (χ2n) is 4.93. The van der Waals surface area contributed by atoms with Gasteiger partial charge in [-0.1, -0.05) is 0 Å². The van der Waals surface area contributed by atoms with Crippen LogP contribution in [0.25, 0.3) is 0 Å². The van der Waals surface area contributed by atoms with E-state index in [0.717, 1.165) is 18.2 Å². The molecule has 0 bridgehead atoms. The maximum atomic E-state index is 13.6. The van der Waals surface area contributed by atoms with Crippen molar-refractivity contribution in [3.05, 3.63) is 58.7 Å². The average Bonchev–Trinajstić information content (AvgIpc) is 2.44. The predicted molar refractivity (Wildman–Crippen MR) is 77.4 cm³/mol. The first-order chi connectivity index (χ1) is 10.6. The predicted octanol–water partition coefficient (Wildman–Crippen LogP) is 1.75. The number of carboxylic acid groups (broad SMARTS) is 1. The van der Waals surface area contributed by atoms with Crippen molar-refractivity contribution in [1.82, 2.24) is 0 Å². The lowest BCUT2D eigenvalue weighted by atomic mass is 10.1. The van der Waals surface area contributed by atoms with Crippen LogP contribution in [-0.2, 0) is 10.0 Å². The molecule has 5 nitrogen and oxygen atoms in total. The number of carboxylic acids is 1. The lowest BCUT2D eigenvalue weighted by Crippen LogP contribution is -2.24. The first-order valence-electron chi connectivity index (χ1n) is 6.42. The fraction of sp³-hybridized carbons (Fsp3) is 0.133. The Bertz CT molecular complexity index is 895. The van der Waals surface area contributed by atoms with E-state index >= 15 is 0 Å². The Morgan fingerprint density at radius 3 is 2.39 bits per heavy atom. The van der Waals surface area contributed by atoms with Gasteiger partial charge in [0, 0.05) is 6.07 Å². The molecule has 2 aromatic carbocycles. The highest BCUT2D eigenvalue weighted by atomic mass is 32.2. The standard InChI is InChI=1S/C15H13F2NO4S/c1-8-5-10(15(19)20)6-14(9(8)2)23(21,22)18-13-7-11(16)3-4-12(13)17/h3-7,18H,1-2H3,(H,19,20)/p-1. The number of rotatable bonds is 4. The molecule has 23 heavy (non-hydrogen) atoms. The van der Waals surface area contributed by atoms with Gasteiger partial charge >= 0.3 is 0 Å². The summed E-state index contributed by atoms with van der Waals surface area (Å²) in [4.78, 5) is 10.6. The first kappa shape index (κ1) is 16.9. The number of hydrogen-bond acceptors (Lipinski definition) is 4. The Morgan fingerprint density at radius 1 is 1.13 bits per heavy atom. The van der Waals surface area contributed by atoms with Crippen molar-refractivity contribution in [2.45, 2.75) is 18.7 Å². The zero-order valence-electron chi connectivity index (χ0n) is 12.2. The van der Waals surface area contributed by atoms with Gasteiger partial charge in [0.05, 0.1) is 16.6 Å². The zero-order chi connectivity index (χ0) is 17.4. The Balaban J connectivity index is 2.56. The monoisotopic (exact) mass is 340 g/mol. The summed E-state index contributed by atoms with van der Waals surface area (Å²) in [5.74, 6) is -3.32. The van der Waals surface area contributed by atoms with E-state index in [-0.39, 0.29) is 10.5 Å². The van der Waals surface area contributed by atoms with Gasteiger partial charge < -0.3 is 9.90 Å². The molecule has 0 heterocycles. The van der Waals surface area contributed by atoms with Crippen LogP contribution in [0.3, 0.4) is 0 Å². The Kier molecular flexibility index (Phi) is 4.37. The molecule has 0 aliphatic rings. The van der Waals surface area contributed by atoms with E-state index in [2.05, 4.69) is 0 Å². The van der Waals surface area contributed by atoms with Crippen LogP contribution in [0.4, 0.5) is 14.5 Å². The highest BCUT2D eigenvalue weighted by Gasteiger charge is 2.21. The second-order valence-corrected chi connectivity index (χ2v) is 6.58. The van der Waals surface area contributed by atoms with Gasteiger partial charge in [-0.05, 0) is 54.8 Å². The molecule has 2 aromatic rings. The van der Waals surface area contributed by atoms with E-state index in [1.807, 2.05) is 4.72 Å². The van der Waals surface area contributed by atoms with E-state index < -0.39 is 33.3 Å². The molecule has 2 rings (SSSR count). The normalized spacial score (nSPS) is 11.3. The molecule has 0 aromatic heterocycles. The molecular weight excluding hydrogens is 328 g/mol. The third kappa shape index (κ3) is 3.48. The quantitative estimate of drug-likeness (QED) is 0.919. The van der Waals surface area contributed by atoms with Crippen LogP contribution in [0.5, 0.6) is 0 Å². The molecule has 1 N–H and O–H groups in total. The van der Waals surface area contributed by atoms with E-state index in [9.17, 15) is 27.1 Å². The second kappa shape index (κ2) is 5.96. The summed E-state index contributed by atoms with van der Waals surface area (Å²) < 4.78 is 53.5. The van der Waals surface area contributed by atoms with Crippen LogP contribution in [0, 0.1) is 25.5 Å². The summed E-state index contributed by atoms with van der Waals surface area (Å²) in [6, 6.07) is 4.50. The van der Waals surface area contributed by atoms with Gasteiger partial charge in [-0.3, -0.25) is 4.72 Å². The number of halogens is 2. The number of carbonyl (C=O) groups is 1. The minimum absolute atomic E-state index is 0.291. The number of anilines is 1. The van der Waals surface area contributed by atoms with Crippen molar-refractivity contribution in [3.63, 3.8) is 0 Å². The molecule has 122 valence electrons. The highest BCUT2D eigenvalue weighted by molar-refractivity contribution is 7.92. The van der Waals surface area contributed by atoms with Crippen LogP contribution in [0.15, 0.2) is 35.2 Å². The van der Waals surface area contributed by atoms with Gasteiger partial charge in [-0.2, -0.15) is 0 Å². The molecule has 0 spiro atoms. The van der Waals surface area contributed by atoms with Gasteiger partial charge in [0.2, 0.25) is 0 Å². The third-order valence-electron chi connectivity index (χ3n) is 3.32. The van der Waals surface area contributed by atoms with Crippen LogP contribution in [0.1, 0.15) is 21.5 Å². The lowest BCUT2D eigenvalue weighted by Gasteiger charge is -2.15. The van der Waals surface area contributed by atoms with E-state index in [1.54, 1.807) is 0 Å². The molecule has 0 unspecified atom stereocenters. The molecule has 0 aliphatic heterocycles. The van der Waals surface area contributed by atoms with Crippen molar-refractivity contribution in [1.29, 1.82) is 0 Å². The molecule has 0 radical (unpaired) electrons. The van der Waals surface area contributed by atoms with E-state index in [4.69, 9.17) is 0 Å². The molecule has 0 fully saturated rings. The Hall–Kier alpha value is -2.48. The largest absolute Gasteiger partial charge is 0.545 e. The average molecular weight is 340 g/mol. The van der Waals surface area contributed by atoms with Crippen molar-refractivity contribution in [2.24, 2.45) is 0 Å². The van der Waals surface area contributed by atoms with Crippen molar-refractivity contribution in [3.8, 4) is 0 Å². The molecule has 0 saturated heterocycles. The van der Waals surface area contributed by atoms with Crippen LogP contribution < -0.4 is 9.83 Å². The zero-order valence-corrected chi connectivity index (χ0v) is 13.0. The fourth-order valence-electron chi connectivity index (χ4n) is 2.00. The molecule has 0 saturated carbocycles. The van der Waals surface area contributed by atoms with E-state index in [1.165, 1.54) is 19.9 Å². The minimum Gasteiger partial charge on any atom is -0.545 e. The van der Waals surface area contributed by atoms with Gasteiger partial charge in [-0.25, -0.2) is 17.2 Å². The topological polar surface area (TPSA) is 86.3 Å². The lowest BCUT2D eigenvalue weighted by molar-refractivity contribution is -0.255. The third-order valence-corrected chi connectivity index (χ3v) is 4.81. The highest BCUT2D eigenvalue weighted by Crippen LogP contribution is 2.25. The van der Waals surface area contributed by atoms with Crippen LogP contribution in [-0.4, -0.2) is 14.4 Å². The molecule has 0 amide bonds. The van der Waals surface area contributed by atoms with Crippen LogP contribution >= 0.6 is 0 Å². The number of benzene rings is 2. The van der Waals surface area contributed by atoms with Gasteiger partial charge in [-0.15, -0.1) is 0 Å². The van der Waals surface area contributed by atoms with Crippen molar-refractivity contribution in [2.75, 3.05) is 4.72 Å². The number of aromatic carboxylic acids is 1. The summed E-state index contributed by atoms with van der Waals surface area (Å²) in [5.41, 5.74) is -0.194. The Labute approximate surface area is 131 Å². The maximum Gasteiger partial charge on any atom is 0.262 e. The van der Waals surface area contributed by atoms with Crippen molar-refractivity contribution >= 4 is 21.7 Å². The van der Waals surface area contributed by atoms with Gasteiger partial charge in [0.25, 0.3) is 10.0 Å². The molecule has 0 atom stereocenters. The minimum atomic E-state index is -4.31. The number of nitrogens with one attached hydrogen (secondary N) is 1. The maximum absolute atomic E-state index is 13.6. The summed E-state index contributed by atoms with van der Waals surface area (Å²) in [6.45, 7) is 3.01. The molecule has 0 aliphatic carbocycles. The number of carbonyl (C=O) groups excluding carboxylic acids is 1. The summed E-state index contributed by atoms with van der Waals surface area (Å²) >= 11 is 0. The summed E-state index contributed by atoms with van der Waals surface area (Å²) in [5, 5.41) is 11.0. The molecular formula is C15H12F2NO4S-. The smallest absolute Gasteiger partial charge is 0.262 e. The first-order valence-corrected chi connectivity index (χ1v) is 7.90. The number of hydrogen-bond donors (Lipinski definition) is 1. The Morgan fingerprint density at radius 2 is 1.78 bits per heavy atom. The van der Waals surface area contributed by atoms with Crippen LogP contribution in [0.2, 0.25) is 0 Å². The summed E-state index contributed by atoms with van der Waals surface area (Å²) in [6.07, 6.45) is 0. The fourth-order valence-corrected chi connectivity index (χ4v) is 3.40. The van der Waals surface area contributed by atoms with E-state index in [0.29, 0.717) is 17.2 Å². The summed E-state index contributed by atoms with van der Waals surface area (Å²) in [7, 11) is -4.31. The van der Waals surface area contributed by atoms with Gasteiger partial charge in [0.1, 0.15) is 11.6 Å². The van der Waals surface area contributed by atoms with Gasteiger partial charge in [0.15, 0.2) is 0 Å². The molecule has 8 heteroatoms. The number of sulfonamides is 1. The SMILES string of the molecule is Cc1cc(C(=O)[O-])cc(S(=O)(=O)Nc2cc(F)ccc2F)c1C. The number of aryl methyl sites for hydroxylation is 1.